The van der Waals surface area contributed by atoms with Crippen LogP contribution >= 0.6 is 34.7 Å². The number of pyridine rings is 1. The van der Waals surface area contributed by atoms with Crippen LogP contribution in [-0.2, 0) is 25.8 Å². The number of nitrogen functional groups attached to an aromatic ring is 1. The molecule has 5 heterocycles. The van der Waals surface area contributed by atoms with Gasteiger partial charge in [-0.25, -0.2) is 9.78 Å². The number of carbonyl (C=O) groups excluding carboxylic acids is 2. The first kappa shape index (κ1) is 25.0. The molecule has 0 aliphatic carbocycles. The number of aryl methyl sites for hydroxylation is 1. The summed E-state index contributed by atoms with van der Waals surface area (Å²) in [6.07, 6.45) is 3.63. The van der Waals surface area contributed by atoms with Crippen molar-refractivity contribution in [1.82, 2.24) is 24.9 Å². The van der Waals surface area contributed by atoms with Crippen molar-refractivity contribution >= 4 is 68.8 Å². The van der Waals surface area contributed by atoms with E-state index in [1.165, 1.54) is 23.8 Å². The third kappa shape index (κ3) is 4.49. The highest BCUT2D eigenvalue weighted by Crippen LogP contribution is 2.40. The van der Waals surface area contributed by atoms with E-state index >= 15 is 0 Å². The highest BCUT2D eigenvalue weighted by molar-refractivity contribution is 8.00. The Morgan fingerprint density at radius 2 is 2.24 bits per heavy atom. The molecular weight excluding hydrogens is 544 g/mol. The number of amides is 2. The predicted molar refractivity (Wildman–Crippen MR) is 135 cm³/mol. The number of aromatic nitrogens is 4. The number of anilines is 1. The molecule has 3 aromatic rings. The molecule has 16 heteroatoms. The Labute approximate surface area is 222 Å². The van der Waals surface area contributed by atoms with Gasteiger partial charge in [-0.1, -0.05) is 28.1 Å². The molecule has 37 heavy (non-hydrogen) atoms. The topological polar surface area (TPSA) is 168 Å². The van der Waals surface area contributed by atoms with Crippen LogP contribution in [0.25, 0.3) is 5.52 Å². The lowest BCUT2D eigenvalue weighted by Gasteiger charge is -2.49. The Balaban J connectivity index is 1.37. The summed E-state index contributed by atoms with van der Waals surface area (Å²) >= 11 is 8.42. The van der Waals surface area contributed by atoms with Crippen molar-refractivity contribution in [2.75, 3.05) is 18.6 Å². The van der Waals surface area contributed by atoms with Crippen LogP contribution in [0.3, 0.4) is 0 Å². The third-order valence-corrected chi connectivity index (χ3v) is 8.15. The highest BCUT2D eigenvalue weighted by atomic mass is 35.5. The Hall–Kier alpha value is -3.69. The minimum absolute atomic E-state index is 0.0246. The normalized spacial score (nSPS) is 19.6. The Kier molecular flexibility index (Phi) is 6.51. The largest absolute Gasteiger partial charge is 0.477 e. The lowest BCUT2D eigenvalue weighted by molar-refractivity contribution is -0.746. The number of thioether (sulfide) groups is 1. The number of oxime groups is 1. The van der Waals surface area contributed by atoms with Gasteiger partial charge in [0, 0.05) is 11.3 Å². The molecule has 3 aromatic heterocycles. The standard InChI is InChI=1S/C21H19ClN8O5S2/c1-9-3-4-29-11(5-9)7-28(27-29)6-10-8-36-19-14(18(32)30(19)15(10)20(33)34)24-17(31)13(26-35-2)12-16(22)37-21(23)25-12/h3-5,7,14,19H,6,8H2,1-2H3,(H3-,23,24,25,31,33,34)/p+1/b26-13-/t14-,19-/m1/s1. The third-order valence-electron chi connectivity index (χ3n) is 5.72. The van der Waals surface area contributed by atoms with E-state index < -0.39 is 29.2 Å². The molecule has 0 bridgehead atoms. The van der Waals surface area contributed by atoms with Gasteiger partial charge in [0.2, 0.25) is 0 Å². The van der Waals surface area contributed by atoms with Crippen LogP contribution in [0.15, 0.2) is 41.0 Å². The van der Waals surface area contributed by atoms with Crippen molar-refractivity contribution < 1.29 is 29.0 Å². The van der Waals surface area contributed by atoms with E-state index in [4.69, 9.17) is 22.2 Å². The molecule has 192 valence electrons. The summed E-state index contributed by atoms with van der Waals surface area (Å²) in [6, 6.07) is 2.90. The van der Waals surface area contributed by atoms with E-state index in [-0.39, 0.29) is 33.1 Å². The number of aliphatic carboxylic acids is 1. The second-order valence-corrected chi connectivity index (χ2v) is 10.9. The van der Waals surface area contributed by atoms with Crippen molar-refractivity contribution in [2.24, 2.45) is 5.16 Å². The van der Waals surface area contributed by atoms with E-state index in [0.717, 1.165) is 22.4 Å². The summed E-state index contributed by atoms with van der Waals surface area (Å²) in [5.41, 5.74) is 7.79. The van der Waals surface area contributed by atoms with Crippen LogP contribution < -0.4 is 15.7 Å². The molecule has 13 nitrogen and oxygen atoms in total. The SMILES string of the molecule is CO/N=C(\C(=O)N[C@@H]1C(=O)N2C(C(=O)O)=C(C[n+]3cc4cc(C)ccn4n3)CS[C@H]12)c1nc(N)sc1Cl. The zero-order valence-corrected chi connectivity index (χ0v) is 21.8. The number of nitrogens with zero attached hydrogens (tertiary/aromatic N) is 6. The van der Waals surface area contributed by atoms with Gasteiger partial charge in [-0.3, -0.25) is 14.5 Å². The van der Waals surface area contributed by atoms with Crippen molar-refractivity contribution in [2.45, 2.75) is 24.9 Å². The van der Waals surface area contributed by atoms with E-state index in [0.29, 0.717) is 11.3 Å². The van der Waals surface area contributed by atoms with E-state index in [1.807, 2.05) is 31.5 Å². The number of hydrogen-bond acceptors (Lipinski definition) is 10. The maximum atomic E-state index is 13.1. The predicted octanol–water partition coefficient (Wildman–Crippen LogP) is 0.412. The molecule has 0 unspecified atom stereocenters. The number of fused-ring (bicyclic) bond motifs is 2. The van der Waals surface area contributed by atoms with Crippen LogP contribution in [0.2, 0.25) is 4.34 Å². The number of thiazole rings is 1. The molecule has 1 fully saturated rings. The molecule has 0 saturated carbocycles. The fraction of sp³-hybridized carbons (Fsp3) is 0.286. The van der Waals surface area contributed by atoms with Gasteiger partial charge < -0.3 is 21.0 Å². The lowest BCUT2D eigenvalue weighted by atomic mass is 10.0. The average Bonchev–Trinajstić information content (AvgIpc) is 3.40. The fourth-order valence-electron chi connectivity index (χ4n) is 4.14. The van der Waals surface area contributed by atoms with Crippen molar-refractivity contribution in [3.05, 3.63) is 51.4 Å². The number of rotatable bonds is 7. The molecule has 2 atom stereocenters. The number of halogens is 1. The second kappa shape index (κ2) is 9.64. The molecule has 0 radical (unpaired) electrons. The van der Waals surface area contributed by atoms with Gasteiger partial charge in [0.15, 0.2) is 22.6 Å². The zero-order chi connectivity index (χ0) is 26.4. The quantitative estimate of drug-likeness (QED) is 0.159. The molecule has 4 N–H and O–H groups in total. The molecular formula is C21H20ClN8O5S2+. The van der Waals surface area contributed by atoms with E-state index in [2.05, 4.69) is 20.7 Å². The lowest BCUT2D eigenvalue weighted by Crippen LogP contribution is -2.71. The molecule has 2 aliphatic rings. The zero-order valence-electron chi connectivity index (χ0n) is 19.4. The Bertz CT molecular complexity index is 1520. The van der Waals surface area contributed by atoms with E-state index in [1.54, 1.807) is 9.20 Å². The number of β-lactam (4-membered cyclic amide) rings is 1. The molecule has 1 saturated heterocycles. The number of carboxylic acids is 1. The van der Waals surface area contributed by atoms with Crippen molar-refractivity contribution in [1.29, 1.82) is 0 Å². The van der Waals surface area contributed by atoms with Gasteiger partial charge in [-0.2, -0.15) is 0 Å². The first-order chi connectivity index (χ1) is 17.7. The van der Waals surface area contributed by atoms with Gasteiger partial charge in [-0.05, 0) is 24.6 Å². The fourth-order valence-corrected chi connectivity index (χ4v) is 6.40. The smallest absolute Gasteiger partial charge is 0.352 e. The minimum atomic E-state index is -1.23. The van der Waals surface area contributed by atoms with Gasteiger partial charge >= 0.3 is 5.97 Å². The number of nitrogens with one attached hydrogen (secondary N) is 1. The Morgan fingerprint density at radius 1 is 1.46 bits per heavy atom. The summed E-state index contributed by atoms with van der Waals surface area (Å²) in [4.78, 5) is 48.2. The molecule has 2 aliphatic heterocycles. The van der Waals surface area contributed by atoms with Crippen LogP contribution in [-0.4, -0.2) is 72.5 Å². The van der Waals surface area contributed by atoms with Gasteiger partial charge in [-0.15, -0.1) is 21.0 Å². The van der Waals surface area contributed by atoms with Crippen molar-refractivity contribution in [3.8, 4) is 0 Å². The molecule has 2 amide bonds. The molecule has 5 rings (SSSR count). The van der Waals surface area contributed by atoms with Gasteiger partial charge in [0.1, 0.15) is 47.0 Å². The summed E-state index contributed by atoms with van der Waals surface area (Å²) in [6.45, 7) is 2.16. The summed E-state index contributed by atoms with van der Waals surface area (Å²) in [7, 11) is 1.25. The van der Waals surface area contributed by atoms with Gasteiger partial charge in [0.25, 0.3) is 11.8 Å². The number of hydrogen-bond donors (Lipinski definition) is 3. The van der Waals surface area contributed by atoms with E-state index in [9.17, 15) is 19.5 Å². The maximum absolute atomic E-state index is 13.1. The first-order valence-electron chi connectivity index (χ1n) is 10.8. The monoisotopic (exact) mass is 563 g/mol. The summed E-state index contributed by atoms with van der Waals surface area (Å²) in [5.74, 6) is -2.22. The minimum Gasteiger partial charge on any atom is -0.477 e. The van der Waals surface area contributed by atoms with Gasteiger partial charge in [0.05, 0.1) is 5.21 Å². The number of nitrogens with two attached hydrogens (primary N) is 1. The molecule has 0 aromatic carbocycles. The van der Waals surface area contributed by atoms with Crippen LogP contribution in [0.1, 0.15) is 11.3 Å². The number of carboxylic acid groups (broad SMARTS) is 1. The maximum Gasteiger partial charge on any atom is 0.352 e. The number of carbonyl (C=O) groups is 3. The summed E-state index contributed by atoms with van der Waals surface area (Å²) in [5, 5.41) is 20.2. The Morgan fingerprint density at radius 3 is 2.92 bits per heavy atom. The van der Waals surface area contributed by atoms with Crippen molar-refractivity contribution in [3.63, 3.8) is 0 Å². The van der Waals surface area contributed by atoms with Crippen LogP contribution in [0, 0.1) is 6.92 Å². The highest BCUT2D eigenvalue weighted by Gasteiger charge is 2.54. The second-order valence-electron chi connectivity index (χ2n) is 8.20. The van der Waals surface area contributed by atoms with Crippen LogP contribution in [0.5, 0.6) is 0 Å². The average molecular weight is 564 g/mol. The molecule has 0 spiro atoms. The first-order valence-corrected chi connectivity index (χ1v) is 13.0. The summed E-state index contributed by atoms with van der Waals surface area (Å²) < 4.78 is 3.46. The van der Waals surface area contributed by atoms with Crippen LogP contribution in [0.4, 0.5) is 5.13 Å².